The van der Waals surface area contributed by atoms with Crippen LogP contribution in [0.2, 0.25) is 0 Å². The summed E-state index contributed by atoms with van der Waals surface area (Å²) in [7, 11) is 0. The van der Waals surface area contributed by atoms with Crippen LogP contribution in [0.4, 0.5) is 0 Å². The average molecular weight is 301 g/mol. The Bertz CT molecular complexity index is 605. The van der Waals surface area contributed by atoms with Gasteiger partial charge < -0.3 is 5.73 Å². The predicted molar refractivity (Wildman–Crippen MR) is 93.3 cm³/mol. The van der Waals surface area contributed by atoms with Crippen LogP contribution in [0.25, 0.3) is 10.9 Å². The van der Waals surface area contributed by atoms with Crippen LogP contribution in [-0.2, 0) is 6.54 Å². The van der Waals surface area contributed by atoms with Crippen LogP contribution >= 0.6 is 12.2 Å². The summed E-state index contributed by atoms with van der Waals surface area (Å²) in [6.45, 7) is 7.32. The number of hydrogen-bond donors (Lipinski definition) is 1. The molecule has 0 aliphatic carbocycles. The van der Waals surface area contributed by atoms with Gasteiger partial charge in [-0.2, -0.15) is 0 Å². The molecular weight excluding hydrogens is 278 g/mol. The van der Waals surface area contributed by atoms with Crippen molar-refractivity contribution >= 4 is 28.1 Å². The van der Waals surface area contributed by atoms with Crippen LogP contribution in [0.3, 0.4) is 0 Å². The Morgan fingerprint density at radius 1 is 1.29 bits per heavy atom. The van der Waals surface area contributed by atoms with Gasteiger partial charge >= 0.3 is 0 Å². The fraction of sp³-hybridized carbons (Fsp3) is 0.412. The molecule has 21 heavy (non-hydrogen) atoms. The highest BCUT2D eigenvalue weighted by Gasteiger charge is 2.11. The van der Waals surface area contributed by atoms with Crippen LogP contribution in [0.5, 0.6) is 0 Å². The zero-order valence-corrected chi connectivity index (χ0v) is 13.6. The molecule has 1 aromatic heterocycles. The lowest BCUT2D eigenvalue weighted by Crippen LogP contribution is -2.30. The number of hydrogen-bond acceptors (Lipinski definition) is 3. The van der Waals surface area contributed by atoms with Gasteiger partial charge in [-0.15, -0.1) is 0 Å². The summed E-state index contributed by atoms with van der Waals surface area (Å²) in [6.07, 6.45) is 2.66. The summed E-state index contributed by atoms with van der Waals surface area (Å²) in [4.78, 5) is 7.43. The van der Waals surface area contributed by atoms with E-state index < -0.39 is 0 Å². The summed E-state index contributed by atoms with van der Waals surface area (Å²) in [5, 5.41) is 1.23. The summed E-state index contributed by atoms with van der Waals surface area (Å²) in [5.41, 5.74) is 8.01. The van der Waals surface area contributed by atoms with E-state index in [0.717, 1.165) is 31.6 Å². The molecule has 2 rings (SSSR count). The number of pyridine rings is 1. The summed E-state index contributed by atoms with van der Waals surface area (Å²) in [6, 6.07) is 10.4. The Kier molecular flexibility index (Phi) is 5.65. The molecular formula is C17H23N3S. The van der Waals surface area contributed by atoms with Crippen molar-refractivity contribution in [3.05, 3.63) is 42.1 Å². The smallest absolute Gasteiger partial charge is 0.0740 e. The molecule has 0 spiro atoms. The topological polar surface area (TPSA) is 42.1 Å². The molecule has 2 N–H and O–H groups in total. The van der Waals surface area contributed by atoms with Crippen LogP contribution in [-0.4, -0.2) is 28.0 Å². The van der Waals surface area contributed by atoms with E-state index in [0.29, 0.717) is 10.9 Å². The second-order valence-electron chi connectivity index (χ2n) is 5.83. The first-order valence-electron chi connectivity index (χ1n) is 7.39. The Morgan fingerprint density at radius 3 is 2.76 bits per heavy atom. The van der Waals surface area contributed by atoms with Crippen molar-refractivity contribution in [2.24, 2.45) is 11.7 Å². The largest absolute Gasteiger partial charge is 0.393 e. The third-order valence-corrected chi connectivity index (χ3v) is 3.64. The number of nitrogens with zero attached hydrogens (tertiary/aromatic N) is 2. The highest BCUT2D eigenvalue weighted by atomic mass is 32.1. The number of fused-ring (bicyclic) bond motifs is 1. The standard InChI is InChI=1S/C17H23N3S/c1-13(2)11-20(10-8-17(18)21)12-14-7-9-19-16-6-4-3-5-15(14)16/h3-7,9,13H,8,10-12H2,1-2H3,(H2,18,21). The molecule has 0 unspecified atom stereocenters. The van der Waals surface area contributed by atoms with Crippen molar-refractivity contribution in [3.8, 4) is 0 Å². The number of thiocarbonyl (C=S) groups is 1. The van der Waals surface area contributed by atoms with Gasteiger partial charge in [-0.3, -0.25) is 9.88 Å². The number of nitrogens with two attached hydrogens (primary N) is 1. The molecule has 0 radical (unpaired) electrons. The lowest BCUT2D eigenvalue weighted by molar-refractivity contribution is 0.243. The zero-order chi connectivity index (χ0) is 15.2. The molecule has 1 heterocycles. The molecule has 0 atom stereocenters. The van der Waals surface area contributed by atoms with Crippen LogP contribution in [0, 0.1) is 5.92 Å². The van der Waals surface area contributed by atoms with Crippen molar-refractivity contribution in [2.75, 3.05) is 13.1 Å². The van der Waals surface area contributed by atoms with E-state index in [1.54, 1.807) is 0 Å². The number of para-hydroxylation sites is 1. The van der Waals surface area contributed by atoms with E-state index in [-0.39, 0.29) is 0 Å². The van der Waals surface area contributed by atoms with Crippen molar-refractivity contribution in [1.29, 1.82) is 0 Å². The van der Waals surface area contributed by atoms with Crippen molar-refractivity contribution < 1.29 is 0 Å². The van der Waals surface area contributed by atoms with Gasteiger partial charge in [0.05, 0.1) is 10.5 Å². The monoisotopic (exact) mass is 301 g/mol. The summed E-state index contributed by atoms with van der Waals surface area (Å²) >= 11 is 5.01. The third kappa shape index (κ3) is 4.76. The highest BCUT2D eigenvalue weighted by Crippen LogP contribution is 2.18. The van der Waals surface area contributed by atoms with Crippen molar-refractivity contribution in [2.45, 2.75) is 26.8 Å². The zero-order valence-electron chi connectivity index (χ0n) is 12.7. The number of rotatable bonds is 7. The van der Waals surface area contributed by atoms with Crippen LogP contribution in [0.1, 0.15) is 25.8 Å². The fourth-order valence-electron chi connectivity index (χ4n) is 2.55. The first kappa shape index (κ1) is 15.9. The second-order valence-corrected chi connectivity index (χ2v) is 6.36. The van der Waals surface area contributed by atoms with E-state index in [1.165, 1.54) is 10.9 Å². The lowest BCUT2D eigenvalue weighted by atomic mass is 10.1. The van der Waals surface area contributed by atoms with Gasteiger partial charge in [-0.1, -0.05) is 44.3 Å². The van der Waals surface area contributed by atoms with E-state index >= 15 is 0 Å². The van der Waals surface area contributed by atoms with E-state index in [4.69, 9.17) is 18.0 Å². The Hall–Kier alpha value is -1.52. The Labute approximate surface area is 132 Å². The Balaban J connectivity index is 2.19. The average Bonchev–Trinajstić information content (AvgIpc) is 2.44. The maximum Gasteiger partial charge on any atom is 0.0740 e. The molecule has 0 fully saturated rings. The van der Waals surface area contributed by atoms with E-state index in [2.05, 4.69) is 48.0 Å². The molecule has 3 nitrogen and oxygen atoms in total. The van der Waals surface area contributed by atoms with Crippen LogP contribution in [0.15, 0.2) is 36.5 Å². The maximum atomic E-state index is 5.65. The molecule has 0 aliphatic rings. The minimum absolute atomic E-state index is 0.586. The fourth-order valence-corrected chi connectivity index (χ4v) is 2.64. The van der Waals surface area contributed by atoms with Crippen molar-refractivity contribution in [3.63, 3.8) is 0 Å². The van der Waals surface area contributed by atoms with Gasteiger partial charge in [0.2, 0.25) is 0 Å². The molecule has 2 aromatic rings. The first-order chi connectivity index (χ1) is 10.1. The quantitative estimate of drug-likeness (QED) is 0.796. The molecule has 4 heteroatoms. The van der Waals surface area contributed by atoms with Crippen molar-refractivity contribution in [1.82, 2.24) is 9.88 Å². The molecule has 0 saturated carbocycles. The molecule has 1 aromatic carbocycles. The van der Waals surface area contributed by atoms with Gasteiger partial charge in [0, 0.05) is 37.6 Å². The highest BCUT2D eigenvalue weighted by molar-refractivity contribution is 7.80. The van der Waals surface area contributed by atoms with Gasteiger partial charge in [0.15, 0.2) is 0 Å². The van der Waals surface area contributed by atoms with E-state index in [9.17, 15) is 0 Å². The minimum Gasteiger partial charge on any atom is -0.393 e. The summed E-state index contributed by atoms with van der Waals surface area (Å²) < 4.78 is 0. The summed E-state index contributed by atoms with van der Waals surface area (Å²) in [5.74, 6) is 0.615. The Morgan fingerprint density at radius 2 is 2.05 bits per heavy atom. The molecule has 112 valence electrons. The van der Waals surface area contributed by atoms with E-state index in [1.807, 2.05) is 12.3 Å². The SMILES string of the molecule is CC(C)CN(CCC(N)=S)Cc1ccnc2ccccc12. The van der Waals surface area contributed by atoms with Gasteiger partial charge in [0.25, 0.3) is 0 Å². The third-order valence-electron chi connectivity index (χ3n) is 3.43. The second kappa shape index (κ2) is 7.48. The normalized spacial score (nSPS) is 11.4. The van der Waals surface area contributed by atoms with Gasteiger partial charge in [-0.05, 0) is 23.6 Å². The maximum absolute atomic E-state index is 5.65. The minimum atomic E-state index is 0.586. The number of aromatic nitrogens is 1. The lowest BCUT2D eigenvalue weighted by Gasteiger charge is -2.24. The number of benzene rings is 1. The van der Waals surface area contributed by atoms with Gasteiger partial charge in [-0.25, -0.2) is 0 Å². The molecule has 0 aliphatic heterocycles. The first-order valence-corrected chi connectivity index (χ1v) is 7.80. The van der Waals surface area contributed by atoms with Gasteiger partial charge in [0.1, 0.15) is 0 Å². The molecule has 0 bridgehead atoms. The predicted octanol–water partition coefficient (Wildman–Crippen LogP) is 3.37. The molecule has 0 amide bonds. The van der Waals surface area contributed by atoms with Crippen LogP contribution < -0.4 is 5.73 Å². The molecule has 0 saturated heterocycles.